The molecular formula is C24H26N4O3S. The maximum absolute atomic E-state index is 13.2. The molecule has 1 aromatic carbocycles. The molecule has 0 bridgehead atoms. The maximum atomic E-state index is 13.2. The zero-order chi connectivity index (χ0) is 23.1. The SMILES string of the molecule is CCN(CC)C(=O)CSC1=C(C#N)[C@@H](c2ccco2)C(C(=O)Nc2ccccc2)=C(C)N1. The number of nitriles is 1. The van der Waals surface area contributed by atoms with Crippen LogP contribution in [0.25, 0.3) is 0 Å². The number of carbonyl (C=O) groups is 2. The lowest BCUT2D eigenvalue weighted by atomic mass is 9.85. The van der Waals surface area contributed by atoms with Gasteiger partial charge in [-0.1, -0.05) is 30.0 Å². The van der Waals surface area contributed by atoms with E-state index in [1.807, 2.05) is 32.0 Å². The summed E-state index contributed by atoms with van der Waals surface area (Å²) in [5.41, 5.74) is 2.01. The Morgan fingerprint density at radius 3 is 2.50 bits per heavy atom. The number of benzene rings is 1. The molecule has 32 heavy (non-hydrogen) atoms. The number of allylic oxidation sites excluding steroid dienone is 2. The highest BCUT2D eigenvalue weighted by Gasteiger charge is 2.36. The fraction of sp³-hybridized carbons (Fsp3) is 0.292. The summed E-state index contributed by atoms with van der Waals surface area (Å²) >= 11 is 1.27. The van der Waals surface area contributed by atoms with Gasteiger partial charge in [0.1, 0.15) is 5.76 Å². The quantitative estimate of drug-likeness (QED) is 0.625. The van der Waals surface area contributed by atoms with Crippen molar-refractivity contribution in [1.29, 1.82) is 5.26 Å². The van der Waals surface area contributed by atoms with Crippen LogP contribution in [0.4, 0.5) is 5.69 Å². The number of nitrogens with zero attached hydrogens (tertiary/aromatic N) is 2. The second kappa shape index (κ2) is 10.7. The summed E-state index contributed by atoms with van der Waals surface area (Å²) in [4.78, 5) is 27.5. The summed E-state index contributed by atoms with van der Waals surface area (Å²) in [6, 6.07) is 14.9. The first kappa shape index (κ1) is 23.2. The Labute approximate surface area is 192 Å². The van der Waals surface area contributed by atoms with E-state index in [9.17, 15) is 14.9 Å². The Morgan fingerprint density at radius 2 is 1.91 bits per heavy atom. The van der Waals surface area contributed by atoms with Crippen molar-refractivity contribution in [2.24, 2.45) is 0 Å². The Bertz CT molecular complexity index is 1060. The van der Waals surface area contributed by atoms with Crippen LogP contribution in [0.2, 0.25) is 0 Å². The van der Waals surface area contributed by atoms with Crippen LogP contribution in [-0.2, 0) is 9.59 Å². The maximum Gasteiger partial charge on any atom is 0.254 e. The molecule has 2 amide bonds. The second-order valence-electron chi connectivity index (χ2n) is 7.14. The number of dihydropyridines is 1. The highest BCUT2D eigenvalue weighted by molar-refractivity contribution is 8.03. The Hall–Kier alpha value is -3.44. The molecule has 2 heterocycles. The van der Waals surface area contributed by atoms with Crippen molar-refractivity contribution in [2.75, 3.05) is 24.2 Å². The van der Waals surface area contributed by atoms with Gasteiger partial charge in [-0.25, -0.2) is 0 Å². The molecule has 1 aliphatic heterocycles. The highest BCUT2D eigenvalue weighted by atomic mass is 32.2. The third kappa shape index (κ3) is 5.06. The first-order valence-electron chi connectivity index (χ1n) is 10.4. The normalized spacial score (nSPS) is 15.8. The van der Waals surface area contributed by atoms with Gasteiger partial charge in [0.05, 0.1) is 40.2 Å². The van der Waals surface area contributed by atoms with E-state index in [4.69, 9.17) is 4.42 Å². The summed E-state index contributed by atoms with van der Waals surface area (Å²) in [7, 11) is 0. The summed E-state index contributed by atoms with van der Waals surface area (Å²) in [6.45, 7) is 6.91. The number of rotatable bonds is 8. The number of para-hydroxylation sites is 1. The summed E-state index contributed by atoms with van der Waals surface area (Å²) in [5, 5.41) is 16.7. The molecule has 0 saturated carbocycles. The number of nitrogens with one attached hydrogen (secondary N) is 2. The van der Waals surface area contributed by atoms with Gasteiger partial charge in [-0.05, 0) is 45.0 Å². The molecule has 1 atom stereocenters. The van der Waals surface area contributed by atoms with Crippen LogP contribution in [-0.4, -0.2) is 35.6 Å². The van der Waals surface area contributed by atoms with Gasteiger partial charge in [-0.2, -0.15) is 5.26 Å². The highest BCUT2D eigenvalue weighted by Crippen LogP contribution is 2.41. The average molecular weight is 451 g/mol. The van der Waals surface area contributed by atoms with Gasteiger partial charge in [0.2, 0.25) is 5.91 Å². The fourth-order valence-electron chi connectivity index (χ4n) is 3.59. The zero-order valence-corrected chi connectivity index (χ0v) is 19.2. The fourth-order valence-corrected chi connectivity index (χ4v) is 4.58. The number of anilines is 1. The molecule has 3 rings (SSSR count). The van der Waals surface area contributed by atoms with Crippen molar-refractivity contribution < 1.29 is 14.0 Å². The van der Waals surface area contributed by atoms with Gasteiger partial charge in [0.25, 0.3) is 5.91 Å². The van der Waals surface area contributed by atoms with Gasteiger partial charge in [-0.15, -0.1) is 0 Å². The van der Waals surface area contributed by atoms with Crippen LogP contribution in [0.15, 0.2) is 75.0 Å². The number of amides is 2. The van der Waals surface area contributed by atoms with Gasteiger partial charge >= 0.3 is 0 Å². The second-order valence-corrected chi connectivity index (χ2v) is 8.13. The molecule has 0 fully saturated rings. The van der Waals surface area contributed by atoms with Crippen molar-refractivity contribution in [3.63, 3.8) is 0 Å². The van der Waals surface area contributed by atoms with Crippen molar-refractivity contribution in [3.8, 4) is 6.07 Å². The van der Waals surface area contributed by atoms with Crippen LogP contribution in [0.5, 0.6) is 0 Å². The van der Waals surface area contributed by atoms with Gasteiger partial charge in [0.15, 0.2) is 0 Å². The number of furan rings is 1. The minimum absolute atomic E-state index is 0.00427. The molecular weight excluding hydrogens is 424 g/mol. The Morgan fingerprint density at radius 1 is 1.19 bits per heavy atom. The zero-order valence-electron chi connectivity index (χ0n) is 18.3. The summed E-state index contributed by atoms with van der Waals surface area (Å²) in [5.74, 6) is -0.312. The minimum atomic E-state index is -0.675. The number of carbonyl (C=O) groups excluding carboxylic acids is 2. The molecule has 0 unspecified atom stereocenters. The summed E-state index contributed by atoms with van der Waals surface area (Å²) < 4.78 is 5.62. The van der Waals surface area contributed by atoms with Gasteiger partial charge < -0.3 is 20.0 Å². The first-order valence-corrected chi connectivity index (χ1v) is 11.4. The molecule has 0 radical (unpaired) electrons. The molecule has 1 aliphatic rings. The van der Waals surface area contributed by atoms with Crippen LogP contribution < -0.4 is 10.6 Å². The standard InChI is InChI=1S/C24H26N4O3S/c1-4-28(5-2)20(29)15-32-24-18(14-25)22(19-12-9-13-31-19)21(16(3)26-24)23(30)27-17-10-7-6-8-11-17/h6-13,22,26H,4-5,15H2,1-3H3,(H,27,30)/t22-/m0/s1. The Balaban J connectivity index is 1.93. The van der Waals surface area contributed by atoms with E-state index in [2.05, 4.69) is 16.7 Å². The van der Waals surface area contributed by atoms with Crippen molar-refractivity contribution >= 4 is 29.3 Å². The van der Waals surface area contributed by atoms with Crippen LogP contribution >= 0.6 is 11.8 Å². The van der Waals surface area contributed by atoms with Crippen molar-refractivity contribution in [2.45, 2.75) is 26.7 Å². The molecule has 8 heteroatoms. The molecule has 1 aromatic heterocycles. The van der Waals surface area contributed by atoms with E-state index < -0.39 is 5.92 Å². The third-order valence-corrected chi connectivity index (χ3v) is 6.21. The van der Waals surface area contributed by atoms with E-state index in [0.717, 1.165) is 0 Å². The predicted molar refractivity (Wildman–Crippen MR) is 125 cm³/mol. The molecule has 2 N–H and O–H groups in total. The van der Waals surface area contributed by atoms with E-state index in [1.54, 1.807) is 36.1 Å². The number of hydrogen-bond acceptors (Lipinski definition) is 6. The van der Waals surface area contributed by atoms with E-state index in [0.29, 0.717) is 46.4 Å². The van der Waals surface area contributed by atoms with Gasteiger partial charge in [-0.3, -0.25) is 9.59 Å². The molecule has 0 saturated heterocycles. The predicted octanol–water partition coefficient (Wildman–Crippen LogP) is 4.22. The lowest BCUT2D eigenvalue weighted by Crippen LogP contribution is -2.33. The van der Waals surface area contributed by atoms with E-state index in [-0.39, 0.29) is 17.6 Å². The molecule has 2 aromatic rings. The lowest BCUT2D eigenvalue weighted by molar-refractivity contribution is -0.128. The molecule has 0 aliphatic carbocycles. The molecule has 7 nitrogen and oxygen atoms in total. The molecule has 166 valence electrons. The number of hydrogen-bond donors (Lipinski definition) is 2. The summed E-state index contributed by atoms with van der Waals surface area (Å²) in [6.07, 6.45) is 1.52. The average Bonchev–Trinajstić information content (AvgIpc) is 3.33. The first-order chi connectivity index (χ1) is 15.5. The van der Waals surface area contributed by atoms with E-state index >= 15 is 0 Å². The third-order valence-electron chi connectivity index (χ3n) is 5.21. The largest absolute Gasteiger partial charge is 0.468 e. The van der Waals surface area contributed by atoms with Gasteiger partial charge in [0, 0.05) is 24.5 Å². The van der Waals surface area contributed by atoms with Crippen LogP contribution in [0.3, 0.4) is 0 Å². The number of thioether (sulfide) groups is 1. The molecule has 0 spiro atoms. The minimum Gasteiger partial charge on any atom is -0.468 e. The monoisotopic (exact) mass is 450 g/mol. The van der Waals surface area contributed by atoms with Crippen LogP contribution in [0, 0.1) is 11.3 Å². The smallest absolute Gasteiger partial charge is 0.254 e. The van der Waals surface area contributed by atoms with E-state index in [1.165, 1.54) is 18.0 Å². The lowest BCUT2D eigenvalue weighted by Gasteiger charge is -2.28. The van der Waals surface area contributed by atoms with Crippen molar-refractivity contribution in [3.05, 3.63) is 76.4 Å². The topological polar surface area (TPSA) is 98.4 Å². The van der Waals surface area contributed by atoms with Crippen LogP contribution in [0.1, 0.15) is 32.4 Å². The van der Waals surface area contributed by atoms with Crippen molar-refractivity contribution in [1.82, 2.24) is 10.2 Å². The Kier molecular flexibility index (Phi) is 7.79.